The molecule has 1 nitrogen and oxygen atoms in total. The summed E-state index contributed by atoms with van der Waals surface area (Å²) in [5, 5.41) is -0.863. The van der Waals surface area contributed by atoms with Crippen LogP contribution in [0.5, 0.6) is 0 Å². The first kappa shape index (κ1) is 25.9. The van der Waals surface area contributed by atoms with Gasteiger partial charge in [-0.05, 0) is 54.5 Å². The summed E-state index contributed by atoms with van der Waals surface area (Å²) in [5.41, 5.74) is 6.37. The number of hydrogen-bond acceptors (Lipinski definition) is 1. The Kier molecular flexibility index (Phi) is 8.87. The minimum atomic E-state index is -0.863. The van der Waals surface area contributed by atoms with Crippen molar-refractivity contribution in [1.82, 2.24) is 0 Å². The summed E-state index contributed by atoms with van der Waals surface area (Å²) in [4.78, 5) is 0. The van der Waals surface area contributed by atoms with Gasteiger partial charge in [0.15, 0.2) is 5.06 Å². The molecule has 180 valence electrons. The summed E-state index contributed by atoms with van der Waals surface area (Å²) in [6.45, 7) is 2.12. The van der Waals surface area contributed by atoms with E-state index in [9.17, 15) is 0 Å². The molecule has 0 heterocycles. The first-order valence-corrected chi connectivity index (χ1v) is 12.6. The summed E-state index contributed by atoms with van der Waals surface area (Å²) in [6, 6.07) is 29.8. The Morgan fingerprint density at radius 2 is 1.22 bits per heavy atom. The van der Waals surface area contributed by atoms with Crippen LogP contribution in [-0.2, 0) is 4.74 Å². The fourth-order valence-corrected chi connectivity index (χ4v) is 4.10. The van der Waals surface area contributed by atoms with Crippen molar-refractivity contribution in [1.29, 1.82) is 0 Å². The molecule has 1 aliphatic carbocycles. The summed E-state index contributed by atoms with van der Waals surface area (Å²) in [7, 11) is 1.63. The quantitative estimate of drug-likeness (QED) is 0.266. The topological polar surface area (TPSA) is 9.23 Å². The van der Waals surface area contributed by atoms with E-state index in [2.05, 4.69) is 42.4 Å². The molecule has 0 fully saturated rings. The Bertz CT molecular complexity index is 1450. The van der Waals surface area contributed by atoms with Crippen molar-refractivity contribution in [2.75, 3.05) is 7.11 Å². The van der Waals surface area contributed by atoms with Crippen molar-refractivity contribution in [3.63, 3.8) is 0 Å². The standard InChI is InChI=1S/C35H27ClO/c1-3-31-27-35(36,37-2)26-25-34(31)33(24-21-30-17-11-6-12-18-30)32(22-19-28-13-7-4-8-14-28)23-20-29-15-9-5-10-16-29/h4-18,25-26H,3,27H2,1-2H3. The molecule has 0 aromatic heterocycles. The summed E-state index contributed by atoms with van der Waals surface area (Å²) >= 11 is 6.69. The van der Waals surface area contributed by atoms with Gasteiger partial charge >= 0.3 is 0 Å². The molecule has 3 aromatic rings. The van der Waals surface area contributed by atoms with Crippen LogP contribution in [-0.4, -0.2) is 12.2 Å². The number of halogens is 1. The highest BCUT2D eigenvalue weighted by Crippen LogP contribution is 2.37. The summed E-state index contributed by atoms with van der Waals surface area (Å²) in [6.07, 6.45) is 5.26. The molecular formula is C35H27ClO. The molecule has 0 amide bonds. The van der Waals surface area contributed by atoms with E-state index in [1.165, 1.54) is 0 Å². The third kappa shape index (κ3) is 7.17. The predicted octanol–water partition coefficient (Wildman–Crippen LogP) is 7.69. The second-order valence-electron chi connectivity index (χ2n) is 8.47. The Morgan fingerprint density at radius 3 is 1.65 bits per heavy atom. The van der Waals surface area contributed by atoms with Gasteiger partial charge in [0.05, 0.1) is 11.1 Å². The van der Waals surface area contributed by atoms with E-state index in [-0.39, 0.29) is 0 Å². The van der Waals surface area contributed by atoms with Crippen molar-refractivity contribution in [2.45, 2.75) is 24.8 Å². The van der Waals surface area contributed by atoms with Gasteiger partial charge in [-0.1, -0.05) is 120 Å². The van der Waals surface area contributed by atoms with E-state index in [0.717, 1.165) is 39.8 Å². The zero-order valence-electron chi connectivity index (χ0n) is 21.0. The maximum absolute atomic E-state index is 6.69. The number of alkyl halides is 1. The van der Waals surface area contributed by atoms with E-state index in [1.54, 1.807) is 7.11 Å². The molecule has 1 aliphatic rings. The molecule has 0 saturated carbocycles. The van der Waals surface area contributed by atoms with Crippen molar-refractivity contribution >= 4 is 11.6 Å². The second-order valence-corrected chi connectivity index (χ2v) is 9.11. The number of ether oxygens (including phenoxy) is 1. The SMILES string of the molecule is CCC1=C(C(C#Cc2ccccc2)=C(C#Cc2ccccc2)C#Cc2ccccc2)C=CC(Cl)(OC)C1. The molecule has 37 heavy (non-hydrogen) atoms. The molecule has 2 heteroatoms. The molecule has 0 bridgehead atoms. The molecule has 1 unspecified atom stereocenters. The van der Waals surface area contributed by atoms with Gasteiger partial charge in [0.25, 0.3) is 0 Å². The summed E-state index contributed by atoms with van der Waals surface area (Å²) in [5.74, 6) is 20.0. The van der Waals surface area contributed by atoms with Crippen LogP contribution in [0.4, 0.5) is 0 Å². The monoisotopic (exact) mass is 498 g/mol. The number of allylic oxidation sites excluding steroid dienone is 4. The fraction of sp³-hybridized carbons (Fsp3) is 0.143. The van der Waals surface area contributed by atoms with Crippen molar-refractivity contribution in [3.05, 3.63) is 142 Å². The second kappa shape index (κ2) is 12.7. The zero-order chi connectivity index (χ0) is 25.9. The number of rotatable bonds is 3. The van der Waals surface area contributed by atoms with Gasteiger partial charge in [-0.15, -0.1) is 0 Å². The van der Waals surface area contributed by atoms with Crippen LogP contribution in [0.1, 0.15) is 36.5 Å². The smallest absolute Gasteiger partial charge is 0.164 e. The lowest BCUT2D eigenvalue weighted by atomic mass is 9.87. The lowest BCUT2D eigenvalue weighted by Gasteiger charge is -2.28. The van der Waals surface area contributed by atoms with Crippen LogP contribution in [0.2, 0.25) is 0 Å². The van der Waals surface area contributed by atoms with Gasteiger partial charge in [-0.3, -0.25) is 0 Å². The van der Waals surface area contributed by atoms with Gasteiger partial charge < -0.3 is 4.74 Å². The average molecular weight is 499 g/mol. The molecule has 4 rings (SSSR count). The van der Waals surface area contributed by atoms with Crippen molar-refractivity contribution in [2.24, 2.45) is 0 Å². The van der Waals surface area contributed by atoms with E-state index >= 15 is 0 Å². The molecule has 0 saturated heterocycles. The Labute approximate surface area is 225 Å². The third-order valence-corrected chi connectivity index (χ3v) is 6.35. The van der Waals surface area contributed by atoms with Crippen molar-refractivity contribution < 1.29 is 4.74 Å². The van der Waals surface area contributed by atoms with Crippen LogP contribution < -0.4 is 0 Å². The Balaban J connectivity index is 1.95. The summed E-state index contributed by atoms with van der Waals surface area (Å²) < 4.78 is 5.58. The first-order valence-electron chi connectivity index (χ1n) is 12.2. The zero-order valence-corrected chi connectivity index (χ0v) is 21.8. The van der Waals surface area contributed by atoms with Crippen molar-refractivity contribution in [3.8, 4) is 35.5 Å². The molecule has 3 aromatic carbocycles. The highest BCUT2D eigenvalue weighted by molar-refractivity contribution is 6.24. The van der Waals surface area contributed by atoms with E-state index < -0.39 is 5.06 Å². The molecule has 1 atom stereocenters. The van der Waals surface area contributed by atoms with Gasteiger partial charge in [0.1, 0.15) is 0 Å². The van der Waals surface area contributed by atoms with Crippen LogP contribution in [0.15, 0.2) is 125 Å². The Hall–Kier alpha value is -4.19. The number of hydrogen-bond donors (Lipinski definition) is 0. The van der Waals surface area contributed by atoms with Gasteiger partial charge in [-0.2, -0.15) is 0 Å². The maximum atomic E-state index is 6.69. The Morgan fingerprint density at radius 1 is 0.757 bits per heavy atom. The van der Waals surface area contributed by atoms with E-state index in [1.807, 2.05) is 103 Å². The van der Waals surface area contributed by atoms with Crippen LogP contribution in [0.25, 0.3) is 0 Å². The fourth-order valence-electron chi connectivity index (χ4n) is 3.88. The minimum Gasteiger partial charge on any atom is -0.359 e. The third-order valence-electron chi connectivity index (χ3n) is 5.94. The van der Waals surface area contributed by atoms with Gasteiger partial charge in [-0.25, -0.2) is 0 Å². The molecule has 0 N–H and O–H groups in total. The number of methoxy groups -OCH3 is 1. The average Bonchev–Trinajstić information content (AvgIpc) is 2.96. The van der Waals surface area contributed by atoms with Gasteiger partial charge in [0.2, 0.25) is 0 Å². The maximum Gasteiger partial charge on any atom is 0.164 e. The molecule has 0 radical (unpaired) electrons. The molecule has 0 spiro atoms. The predicted molar refractivity (Wildman–Crippen MR) is 154 cm³/mol. The minimum absolute atomic E-state index is 0.565. The molecule has 0 aliphatic heterocycles. The van der Waals surface area contributed by atoms with Crippen LogP contribution >= 0.6 is 11.6 Å². The largest absolute Gasteiger partial charge is 0.359 e. The van der Waals surface area contributed by atoms with Crippen LogP contribution in [0, 0.1) is 35.5 Å². The van der Waals surface area contributed by atoms with E-state index in [0.29, 0.717) is 12.0 Å². The lowest BCUT2D eigenvalue weighted by molar-refractivity contribution is 0.103. The van der Waals surface area contributed by atoms with E-state index in [4.69, 9.17) is 16.3 Å². The lowest BCUT2D eigenvalue weighted by Crippen LogP contribution is -2.25. The van der Waals surface area contributed by atoms with Crippen LogP contribution in [0.3, 0.4) is 0 Å². The molecular weight excluding hydrogens is 472 g/mol. The highest BCUT2D eigenvalue weighted by atomic mass is 35.5. The first-order chi connectivity index (χ1) is 18.1. The normalized spacial score (nSPS) is 15.9. The van der Waals surface area contributed by atoms with Gasteiger partial charge in [0, 0.05) is 30.2 Å². The highest BCUT2D eigenvalue weighted by Gasteiger charge is 2.30. The number of benzene rings is 3.